The second-order valence-corrected chi connectivity index (χ2v) is 7.26. The summed E-state index contributed by atoms with van der Waals surface area (Å²) >= 11 is 0. The van der Waals surface area contributed by atoms with Crippen LogP contribution in [0.25, 0.3) is 0 Å². The van der Waals surface area contributed by atoms with E-state index in [1.54, 1.807) is 44.0 Å². The third-order valence-electron chi connectivity index (χ3n) is 4.90. The predicted octanol–water partition coefficient (Wildman–Crippen LogP) is 1.28. The topological polar surface area (TPSA) is 103 Å². The van der Waals surface area contributed by atoms with Crippen LogP contribution in [0.4, 0.5) is 5.69 Å². The fraction of sp³-hybridized carbons (Fsp3) is 0.556. The van der Waals surface area contributed by atoms with Crippen LogP contribution in [0.3, 0.4) is 0 Å². The van der Waals surface area contributed by atoms with Gasteiger partial charge in [0.15, 0.2) is 5.54 Å². The molecule has 2 aromatic heterocycles. The quantitative estimate of drug-likeness (QED) is 0.695. The summed E-state index contributed by atoms with van der Waals surface area (Å²) in [7, 11) is 1.86. The minimum absolute atomic E-state index is 0. The fourth-order valence-electron chi connectivity index (χ4n) is 3.27. The van der Waals surface area contributed by atoms with Crippen LogP contribution >= 0.6 is 12.4 Å². The van der Waals surface area contributed by atoms with Gasteiger partial charge in [-0.2, -0.15) is 10.2 Å². The van der Waals surface area contributed by atoms with Gasteiger partial charge in [-0.15, -0.1) is 12.4 Å². The van der Waals surface area contributed by atoms with Gasteiger partial charge in [-0.25, -0.2) is 4.79 Å². The number of amides is 1. The number of ether oxygens (including phenoxy) is 1. The van der Waals surface area contributed by atoms with Crippen molar-refractivity contribution >= 4 is 30.0 Å². The first-order valence-electron chi connectivity index (χ1n) is 9.05. The molecule has 1 fully saturated rings. The summed E-state index contributed by atoms with van der Waals surface area (Å²) in [6, 6.07) is 0. The van der Waals surface area contributed by atoms with Crippen molar-refractivity contribution in [3.63, 3.8) is 0 Å². The van der Waals surface area contributed by atoms with Crippen molar-refractivity contribution in [2.24, 2.45) is 13.0 Å². The van der Waals surface area contributed by atoms with Crippen molar-refractivity contribution in [3.05, 3.63) is 30.4 Å². The van der Waals surface area contributed by atoms with Crippen molar-refractivity contribution in [3.8, 4) is 0 Å². The van der Waals surface area contributed by atoms with Crippen LogP contribution in [0.1, 0.15) is 32.3 Å². The van der Waals surface area contributed by atoms with Crippen LogP contribution in [0.2, 0.25) is 0 Å². The summed E-state index contributed by atoms with van der Waals surface area (Å²) in [5.41, 5.74) is 0.641. The Hall–Kier alpha value is -2.39. The summed E-state index contributed by atoms with van der Waals surface area (Å²) in [6.45, 7) is 6.85. The molecule has 3 rings (SSSR count). The zero-order valence-corrected chi connectivity index (χ0v) is 17.3. The Morgan fingerprint density at radius 3 is 2.68 bits per heavy atom. The molecule has 1 amide bonds. The van der Waals surface area contributed by atoms with Crippen LogP contribution in [0.5, 0.6) is 0 Å². The van der Waals surface area contributed by atoms with Crippen LogP contribution < -0.4 is 10.6 Å². The van der Waals surface area contributed by atoms with Gasteiger partial charge in [0.2, 0.25) is 5.91 Å². The molecule has 1 saturated heterocycles. The lowest BCUT2D eigenvalue weighted by molar-refractivity contribution is -0.152. The molecule has 2 N–H and O–H groups in total. The van der Waals surface area contributed by atoms with Gasteiger partial charge in [0.05, 0.1) is 30.6 Å². The zero-order valence-electron chi connectivity index (χ0n) is 16.5. The van der Waals surface area contributed by atoms with E-state index in [9.17, 15) is 9.59 Å². The van der Waals surface area contributed by atoms with E-state index >= 15 is 0 Å². The van der Waals surface area contributed by atoms with Crippen molar-refractivity contribution in [2.45, 2.75) is 32.2 Å². The maximum Gasteiger partial charge on any atom is 0.333 e. The molecular weight excluding hydrogens is 384 g/mol. The van der Waals surface area contributed by atoms with Crippen molar-refractivity contribution in [1.82, 2.24) is 24.9 Å². The zero-order chi connectivity index (χ0) is 19.6. The molecule has 1 aliphatic rings. The van der Waals surface area contributed by atoms with Gasteiger partial charge in [-0.05, 0) is 26.3 Å². The fourth-order valence-corrected chi connectivity index (χ4v) is 3.27. The van der Waals surface area contributed by atoms with E-state index in [-0.39, 0.29) is 36.1 Å². The normalized spacial score (nSPS) is 19.1. The van der Waals surface area contributed by atoms with Crippen molar-refractivity contribution < 1.29 is 14.3 Å². The predicted molar refractivity (Wildman–Crippen MR) is 106 cm³/mol. The number of rotatable bonds is 6. The molecule has 0 unspecified atom stereocenters. The molecule has 2 aromatic rings. The molecule has 0 radical (unpaired) electrons. The maximum atomic E-state index is 12.8. The van der Waals surface area contributed by atoms with Crippen molar-refractivity contribution in [2.75, 3.05) is 25.0 Å². The number of halogens is 1. The first-order valence-corrected chi connectivity index (χ1v) is 9.05. The molecule has 0 spiro atoms. The molecule has 0 bridgehead atoms. The number of nitrogens with one attached hydrogen (secondary N) is 2. The number of anilines is 1. The molecule has 0 saturated carbocycles. The minimum atomic E-state index is -0.952. The van der Waals surface area contributed by atoms with Crippen molar-refractivity contribution in [1.29, 1.82) is 0 Å². The minimum Gasteiger partial charge on any atom is -0.464 e. The monoisotopic (exact) mass is 410 g/mol. The molecule has 0 aliphatic carbocycles. The smallest absolute Gasteiger partial charge is 0.333 e. The second kappa shape index (κ2) is 8.74. The van der Waals surface area contributed by atoms with E-state index in [0.29, 0.717) is 18.8 Å². The molecule has 2 atom stereocenters. The van der Waals surface area contributed by atoms with Gasteiger partial charge in [-0.1, -0.05) is 0 Å². The first kappa shape index (κ1) is 21.9. The number of hydrogen-bond donors (Lipinski definition) is 2. The van der Waals surface area contributed by atoms with Gasteiger partial charge in [0, 0.05) is 38.4 Å². The van der Waals surface area contributed by atoms with E-state index < -0.39 is 5.54 Å². The van der Waals surface area contributed by atoms with Crippen LogP contribution in [-0.4, -0.2) is 51.1 Å². The van der Waals surface area contributed by atoms with E-state index in [0.717, 1.165) is 12.1 Å². The van der Waals surface area contributed by atoms with Crippen LogP contribution in [-0.2, 0) is 26.9 Å². The Morgan fingerprint density at radius 2 is 2.04 bits per heavy atom. The Labute approximate surface area is 170 Å². The largest absolute Gasteiger partial charge is 0.464 e. The van der Waals surface area contributed by atoms with Gasteiger partial charge in [0.25, 0.3) is 0 Å². The third kappa shape index (κ3) is 4.36. The molecule has 154 valence electrons. The van der Waals surface area contributed by atoms with E-state index in [1.807, 2.05) is 13.2 Å². The standard InChI is InChI=1S/C18H26N6O3.ClH/c1-5-27-17(26)18(2,3)24-11-13(7-21-24)22-16(25)15-9-19-8-14(15)12-6-20-23(4)10-12;/h6-7,10-11,14-15,19H,5,8-9H2,1-4H3,(H,22,25);1H/t14-,15+;/m1./s1. The molecule has 9 nitrogen and oxygen atoms in total. The molecule has 3 heterocycles. The van der Waals surface area contributed by atoms with Crippen LogP contribution in [0.15, 0.2) is 24.8 Å². The van der Waals surface area contributed by atoms with E-state index in [4.69, 9.17) is 4.74 Å². The van der Waals surface area contributed by atoms with Gasteiger partial charge in [0.1, 0.15) is 0 Å². The summed E-state index contributed by atoms with van der Waals surface area (Å²) in [5, 5.41) is 14.6. The highest BCUT2D eigenvalue weighted by Gasteiger charge is 2.36. The summed E-state index contributed by atoms with van der Waals surface area (Å²) in [6.07, 6.45) is 6.94. The lowest BCUT2D eigenvalue weighted by Crippen LogP contribution is -2.37. The Morgan fingerprint density at radius 1 is 1.29 bits per heavy atom. The molecular formula is C18H27ClN6O3. The number of nitrogens with zero attached hydrogens (tertiary/aromatic N) is 4. The molecule has 0 aromatic carbocycles. The average Bonchev–Trinajstić information content (AvgIpc) is 3.34. The number of aryl methyl sites for hydroxylation is 1. The maximum absolute atomic E-state index is 12.8. The molecule has 10 heteroatoms. The van der Waals surface area contributed by atoms with E-state index in [1.165, 1.54) is 4.68 Å². The van der Waals surface area contributed by atoms with Gasteiger partial charge in [-0.3, -0.25) is 14.2 Å². The van der Waals surface area contributed by atoms with Crippen LogP contribution in [0, 0.1) is 5.92 Å². The Bertz CT molecular complexity index is 831. The highest BCUT2D eigenvalue weighted by Crippen LogP contribution is 2.29. The molecule has 28 heavy (non-hydrogen) atoms. The Kier molecular flexibility index (Phi) is 6.84. The number of carbonyl (C=O) groups excluding carboxylic acids is 2. The lowest BCUT2D eigenvalue weighted by Gasteiger charge is -2.22. The highest BCUT2D eigenvalue weighted by molar-refractivity contribution is 5.93. The lowest BCUT2D eigenvalue weighted by atomic mass is 9.90. The first-order chi connectivity index (χ1) is 12.8. The SMILES string of the molecule is CCOC(=O)C(C)(C)n1cc(NC(=O)[C@H]2CNC[C@@H]2c2cnn(C)c2)cn1.Cl. The summed E-state index contributed by atoms with van der Waals surface area (Å²) < 4.78 is 8.34. The molecule has 1 aliphatic heterocycles. The van der Waals surface area contributed by atoms with Gasteiger partial charge >= 0.3 is 5.97 Å². The average molecular weight is 411 g/mol. The van der Waals surface area contributed by atoms with Gasteiger partial charge < -0.3 is 15.4 Å². The summed E-state index contributed by atoms with van der Waals surface area (Å²) in [4.78, 5) is 24.9. The van der Waals surface area contributed by atoms with E-state index in [2.05, 4.69) is 20.8 Å². The summed E-state index contributed by atoms with van der Waals surface area (Å²) in [5.74, 6) is -0.578. The second-order valence-electron chi connectivity index (χ2n) is 7.26. The highest BCUT2D eigenvalue weighted by atomic mass is 35.5. The number of esters is 1. The number of hydrogen-bond acceptors (Lipinski definition) is 6. The number of carbonyl (C=O) groups is 2. The Balaban J connectivity index is 0.00000280. The third-order valence-corrected chi connectivity index (χ3v) is 4.90. The number of aromatic nitrogens is 4.